The number of alkyl halides is 3. The van der Waals surface area contributed by atoms with E-state index in [1.54, 1.807) is 42.6 Å². The molecular formula is C31H29F3N2O. The third-order valence-corrected chi connectivity index (χ3v) is 6.44. The van der Waals surface area contributed by atoms with Crippen LogP contribution in [0.3, 0.4) is 0 Å². The van der Waals surface area contributed by atoms with Crippen LogP contribution in [-0.4, -0.2) is 10.9 Å². The van der Waals surface area contributed by atoms with Gasteiger partial charge in [-0.1, -0.05) is 81.4 Å². The van der Waals surface area contributed by atoms with Gasteiger partial charge in [-0.05, 0) is 58.5 Å². The molecular weight excluding hydrogens is 473 g/mol. The van der Waals surface area contributed by atoms with Crippen LogP contribution in [0.15, 0.2) is 103 Å². The monoisotopic (exact) mass is 502 g/mol. The Morgan fingerprint density at radius 3 is 2.00 bits per heavy atom. The first-order chi connectivity index (χ1) is 17.5. The Kier molecular flexibility index (Phi) is 7.21. The molecule has 3 aromatic carbocycles. The molecule has 1 unspecified atom stereocenters. The van der Waals surface area contributed by atoms with E-state index in [-0.39, 0.29) is 11.8 Å². The first-order valence-corrected chi connectivity index (χ1v) is 12.1. The van der Waals surface area contributed by atoms with Gasteiger partial charge < -0.3 is 5.32 Å². The van der Waals surface area contributed by atoms with E-state index < -0.39 is 23.2 Å². The summed E-state index contributed by atoms with van der Waals surface area (Å²) in [6, 6.07) is 27.0. The number of pyridine rings is 1. The molecule has 3 nitrogen and oxygen atoms in total. The van der Waals surface area contributed by atoms with Crippen LogP contribution in [0, 0.1) is 0 Å². The SMILES string of the molecule is CC(C)(C)c1ccc(C(=O)NC(Cc2ccccc2)(c2cccc(C(F)(F)F)c2)c2ccccn2)cc1. The van der Waals surface area contributed by atoms with E-state index in [0.29, 0.717) is 16.8 Å². The van der Waals surface area contributed by atoms with Gasteiger partial charge in [0.05, 0.1) is 11.3 Å². The largest absolute Gasteiger partial charge is 0.416 e. The van der Waals surface area contributed by atoms with Crippen LogP contribution in [0.5, 0.6) is 0 Å². The van der Waals surface area contributed by atoms with Crippen molar-refractivity contribution < 1.29 is 18.0 Å². The Morgan fingerprint density at radius 1 is 0.757 bits per heavy atom. The van der Waals surface area contributed by atoms with Gasteiger partial charge in [-0.2, -0.15) is 13.2 Å². The normalized spacial score (nSPS) is 13.6. The molecule has 0 saturated heterocycles. The standard InChI is InChI=1S/C31H29F3N2O/c1-29(2,3)24-17-15-23(16-18-24)28(37)36-30(27-14-7-8-19-35-27,21-22-10-5-4-6-11-22)25-12-9-13-26(20-25)31(32,33)34/h4-20H,21H2,1-3H3,(H,36,37). The number of hydrogen-bond donors (Lipinski definition) is 1. The lowest BCUT2D eigenvalue weighted by Gasteiger charge is -2.36. The highest BCUT2D eigenvalue weighted by molar-refractivity contribution is 5.95. The average molecular weight is 503 g/mol. The molecule has 0 radical (unpaired) electrons. The molecule has 4 rings (SSSR count). The fraction of sp³-hybridized carbons (Fsp3) is 0.226. The number of carbonyl (C=O) groups is 1. The summed E-state index contributed by atoms with van der Waals surface area (Å²) in [7, 11) is 0. The zero-order valence-corrected chi connectivity index (χ0v) is 21.0. The lowest BCUT2D eigenvalue weighted by atomic mass is 9.79. The van der Waals surface area contributed by atoms with Crippen LogP contribution in [0.2, 0.25) is 0 Å². The molecule has 1 atom stereocenters. The topological polar surface area (TPSA) is 42.0 Å². The van der Waals surface area contributed by atoms with E-state index in [1.165, 1.54) is 6.07 Å². The van der Waals surface area contributed by atoms with Crippen molar-refractivity contribution in [2.45, 2.75) is 44.3 Å². The molecule has 37 heavy (non-hydrogen) atoms. The summed E-state index contributed by atoms with van der Waals surface area (Å²) >= 11 is 0. The quantitative estimate of drug-likeness (QED) is 0.300. The molecule has 0 aliphatic rings. The summed E-state index contributed by atoms with van der Waals surface area (Å²) in [5.41, 5.74) is 0.830. The van der Waals surface area contributed by atoms with Crippen molar-refractivity contribution in [1.82, 2.24) is 10.3 Å². The number of nitrogens with zero attached hydrogens (tertiary/aromatic N) is 1. The fourth-order valence-electron chi connectivity index (χ4n) is 4.39. The van der Waals surface area contributed by atoms with Crippen LogP contribution >= 0.6 is 0 Å². The van der Waals surface area contributed by atoms with Crippen LogP contribution in [0.25, 0.3) is 0 Å². The second kappa shape index (κ2) is 10.2. The number of rotatable bonds is 6. The molecule has 1 N–H and O–H groups in total. The van der Waals surface area contributed by atoms with Gasteiger partial charge in [0.25, 0.3) is 5.91 Å². The van der Waals surface area contributed by atoms with Gasteiger partial charge in [0.1, 0.15) is 5.54 Å². The van der Waals surface area contributed by atoms with Gasteiger partial charge in [0, 0.05) is 18.2 Å². The van der Waals surface area contributed by atoms with E-state index in [2.05, 4.69) is 31.1 Å². The maximum atomic E-state index is 13.7. The number of aromatic nitrogens is 1. The number of halogens is 3. The van der Waals surface area contributed by atoms with Gasteiger partial charge in [-0.15, -0.1) is 0 Å². The number of hydrogen-bond acceptors (Lipinski definition) is 2. The highest BCUT2D eigenvalue weighted by atomic mass is 19.4. The summed E-state index contributed by atoms with van der Waals surface area (Å²) in [5, 5.41) is 3.10. The Balaban J connectivity index is 1.88. The van der Waals surface area contributed by atoms with Crippen molar-refractivity contribution in [2.24, 2.45) is 0 Å². The van der Waals surface area contributed by atoms with Gasteiger partial charge >= 0.3 is 6.18 Å². The van der Waals surface area contributed by atoms with E-state index in [9.17, 15) is 18.0 Å². The molecule has 0 saturated carbocycles. The minimum atomic E-state index is -4.54. The molecule has 1 heterocycles. The maximum Gasteiger partial charge on any atom is 0.416 e. The van der Waals surface area contributed by atoms with Gasteiger partial charge in [0.15, 0.2) is 0 Å². The number of nitrogens with one attached hydrogen (secondary N) is 1. The highest BCUT2D eigenvalue weighted by Crippen LogP contribution is 2.37. The third kappa shape index (κ3) is 5.91. The minimum Gasteiger partial charge on any atom is -0.337 e. The fourth-order valence-corrected chi connectivity index (χ4v) is 4.39. The van der Waals surface area contributed by atoms with Crippen LogP contribution < -0.4 is 5.32 Å². The molecule has 4 aromatic rings. The molecule has 6 heteroatoms. The molecule has 0 bridgehead atoms. The van der Waals surface area contributed by atoms with Crippen LogP contribution in [-0.2, 0) is 23.6 Å². The van der Waals surface area contributed by atoms with Crippen molar-refractivity contribution >= 4 is 5.91 Å². The zero-order valence-electron chi connectivity index (χ0n) is 21.0. The molecule has 0 aliphatic heterocycles. The summed E-state index contributed by atoms with van der Waals surface area (Å²) in [5.74, 6) is -0.403. The molecule has 0 spiro atoms. The first-order valence-electron chi connectivity index (χ1n) is 12.1. The Labute approximate surface area is 215 Å². The molecule has 1 amide bonds. The lowest BCUT2D eigenvalue weighted by Crippen LogP contribution is -2.49. The van der Waals surface area contributed by atoms with E-state index >= 15 is 0 Å². The molecule has 190 valence electrons. The third-order valence-electron chi connectivity index (χ3n) is 6.44. The van der Waals surface area contributed by atoms with Crippen LogP contribution in [0.1, 0.15) is 59.1 Å². The lowest BCUT2D eigenvalue weighted by molar-refractivity contribution is -0.137. The summed E-state index contributed by atoms with van der Waals surface area (Å²) in [6.45, 7) is 6.25. The molecule has 0 aliphatic carbocycles. The number of benzene rings is 3. The Hall–Kier alpha value is -3.93. The Morgan fingerprint density at radius 2 is 1.41 bits per heavy atom. The van der Waals surface area contributed by atoms with Crippen molar-refractivity contribution in [1.29, 1.82) is 0 Å². The van der Waals surface area contributed by atoms with Crippen molar-refractivity contribution in [3.8, 4) is 0 Å². The highest BCUT2D eigenvalue weighted by Gasteiger charge is 2.40. The van der Waals surface area contributed by atoms with Crippen molar-refractivity contribution in [3.05, 3.63) is 137 Å². The summed E-state index contributed by atoms with van der Waals surface area (Å²) in [6.07, 6.45) is -2.75. The number of amides is 1. The van der Waals surface area contributed by atoms with Crippen LogP contribution in [0.4, 0.5) is 13.2 Å². The van der Waals surface area contributed by atoms with Gasteiger partial charge in [-0.25, -0.2) is 0 Å². The van der Waals surface area contributed by atoms with Gasteiger partial charge in [-0.3, -0.25) is 9.78 Å². The predicted octanol–water partition coefficient (Wildman–Crippen LogP) is 7.31. The maximum absolute atomic E-state index is 13.7. The first kappa shape index (κ1) is 26.1. The smallest absolute Gasteiger partial charge is 0.337 e. The minimum absolute atomic E-state index is 0.0853. The summed E-state index contributed by atoms with van der Waals surface area (Å²) in [4.78, 5) is 18.2. The van der Waals surface area contributed by atoms with Crippen molar-refractivity contribution in [3.63, 3.8) is 0 Å². The number of carbonyl (C=O) groups excluding carboxylic acids is 1. The average Bonchev–Trinajstić information content (AvgIpc) is 2.88. The summed E-state index contributed by atoms with van der Waals surface area (Å²) < 4.78 is 41.2. The molecule has 1 aromatic heterocycles. The van der Waals surface area contributed by atoms with E-state index in [1.807, 2.05) is 42.5 Å². The second-order valence-electron chi connectivity index (χ2n) is 10.1. The van der Waals surface area contributed by atoms with E-state index in [4.69, 9.17) is 0 Å². The van der Waals surface area contributed by atoms with Crippen molar-refractivity contribution in [2.75, 3.05) is 0 Å². The van der Waals surface area contributed by atoms with Gasteiger partial charge in [0.2, 0.25) is 0 Å². The zero-order chi connectivity index (χ0) is 26.7. The van der Waals surface area contributed by atoms with E-state index in [0.717, 1.165) is 23.3 Å². The Bertz CT molecular complexity index is 1350. The molecule has 0 fully saturated rings. The predicted molar refractivity (Wildman–Crippen MR) is 139 cm³/mol. The second-order valence-corrected chi connectivity index (χ2v) is 10.1.